The molecule has 0 aromatic rings. The summed E-state index contributed by atoms with van der Waals surface area (Å²) in [6.07, 6.45) is 9.66. The summed E-state index contributed by atoms with van der Waals surface area (Å²) in [5, 5.41) is 0. The van der Waals surface area contributed by atoms with E-state index < -0.39 is 0 Å². The fraction of sp³-hybridized carbons (Fsp3) is 0.824. The maximum absolute atomic E-state index is 11.6. The first-order chi connectivity index (χ1) is 10.3. The highest BCUT2D eigenvalue weighted by molar-refractivity contribution is 5.56. The third-order valence-electron chi connectivity index (χ3n) is 5.25. The number of hydrogen-bond acceptors (Lipinski definition) is 4. The van der Waals surface area contributed by atoms with Crippen LogP contribution in [0.25, 0.3) is 0 Å². The third-order valence-corrected chi connectivity index (χ3v) is 5.25. The second kappa shape index (κ2) is 7.03. The highest BCUT2D eigenvalue weighted by Gasteiger charge is 2.48. The average Bonchev–Trinajstić information content (AvgIpc) is 3.02. The molecule has 0 amide bonds. The zero-order valence-corrected chi connectivity index (χ0v) is 12.8. The number of fused-ring (bicyclic) bond motifs is 1. The molecule has 0 N–H and O–H groups in total. The monoisotopic (exact) mass is 294 g/mol. The van der Waals surface area contributed by atoms with Crippen molar-refractivity contribution in [3.05, 3.63) is 11.6 Å². The van der Waals surface area contributed by atoms with Crippen molar-refractivity contribution in [3.8, 4) is 0 Å². The number of methoxy groups -OCH3 is 1. The molecule has 4 heteroatoms. The van der Waals surface area contributed by atoms with Crippen molar-refractivity contribution < 1.29 is 19.0 Å². The van der Waals surface area contributed by atoms with Crippen molar-refractivity contribution in [1.29, 1.82) is 0 Å². The quantitative estimate of drug-likeness (QED) is 0.578. The van der Waals surface area contributed by atoms with Gasteiger partial charge in [-0.1, -0.05) is 11.6 Å². The number of carbonyl (C=O) groups excluding carboxylic acids is 1. The lowest BCUT2D eigenvalue weighted by Crippen LogP contribution is -2.32. The first-order valence-corrected chi connectivity index (χ1v) is 8.21. The predicted molar refractivity (Wildman–Crippen MR) is 78.8 cm³/mol. The molecular weight excluding hydrogens is 268 g/mol. The number of rotatable bonds is 5. The SMILES string of the molecule is COC/C=C1\C[C@H]2C[C@@H](OC3CCCCO3)[C@H](C=O)[C@H]2C1. The standard InChI is InChI=1S/C17H26O4/c1-19-7-5-12-8-13-10-16(15(11-18)14(13)9-12)21-17-4-2-3-6-20-17/h5,11,13-17H,2-4,6-10H2,1H3/b12-5+/t13-,14-,15+,16+,17?/m0/s1. The smallest absolute Gasteiger partial charge is 0.157 e. The fourth-order valence-electron chi connectivity index (χ4n) is 4.20. The molecular formula is C17H26O4. The van der Waals surface area contributed by atoms with Gasteiger partial charge < -0.3 is 19.0 Å². The lowest BCUT2D eigenvalue weighted by molar-refractivity contribution is -0.194. The molecule has 1 saturated heterocycles. The van der Waals surface area contributed by atoms with Crippen LogP contribution < -0.4 is 0 Å². The molecule has 1 heterocycles. The van der Waals surface area contributed by atoms with Crippen molar-refractivity contribution in [2.24, 2.45) is 17.8 Å². The van der Waals surface area contributed by atoms with E-state index >= 15 is 0 Å². The lowest BCUT2D eigenvalue weighted by atomic mass is 9.92. The van der Waals surface area contributed by atoms with E-state index in [4.69, 9.17) is 14.2 Å². The van der Waals surface area contributed by atoms with E-state index in [1.165, 1.54) is 12.0 Å². The van der Waals surface area contributed by atoms with Gasteiger partial charge in [-0.2, -0.15) is 0 Å². The Hall–Kier alpha value is -0.710. The average molecular weight is 294 g/mol. The van der Waals surface area contributed by atoms with Crippen molar-refractivity contribution in [2.75, 3.05) is 20.3 Å². The minimum absolute atomic E-state index is 0.0361. The van der Waals surface area contributed by atoms with Crippen molar-refractivity contribution in [2.45, 2.75) is 50.9 Å². The summed E-state index contributed by atoms with van der Waals surface area (Å²) < 4.78 is 16.9. The topological polar surface area (TPSA) is 44.8 Å². The fourth-order valence-corrected chi connectivity index (χ4v) is 4.20. The largest absolute Gasteiger partial charge is 0.381 e. The zero-order chi connectivity index (χ0) is 14.7. The minimum Gasteiger partial charge on any atom is -0.381 e. The van der Waals surface area contributed by atoms with Crippen LogP contribution in [-0.4, -0.2) is 39.0 Å². The Morgan fingerprint density at radius 3 is 2.95 bits per heavy atom. The molecule has 0 radical (unpaired) electrons. The Balaban J connectivity index is 1.59. The molecule has 3 fully saturated rings. The van der Waals surface area contributed by atoms with Crippen LogP contribution in [0.4, 0.5) is 0 Å². The van der Waals surface area contributed by atoms with Gasteiger partial charge in [0.25, 0.3) is 0 Å². The molecule has 5 atom stereocenters. The van der Waals surface area contributed by atoms with Gasteiger partial charge in [0.1, 0.15) is 6.29 Å². The summed E-state index contributed by atoms with van der Waals surface area (Å²) in [5.41, 5.74) is 1.45. The first-order valence-electron chi connectivity index (χ1n) is 8.21. The number of allylic oxidation sites excluding steroid dienone is 1. The molecule has 1 unspecified atom stereocenters. The Bertz CT molecular complexity index is 386. The zero-order valence-electron chi connectivity index (χ0n) is 12.8. The predicted octanol–water partition coefficient (Wildman–Crippen LogP) is 2.72. The van der Waals surface area contributed by atoms with E-state index in [1.54, 1.807) is 7.11 Å². The van der Waals surface area contributed by atoms with E-state index in [2.05, 4.69) is 6.08 Å². The van der Waals surface area contributed by atoms with E-state index in [1.807, 2.05) is 0 Å². The van der Waals surface area contributed by atoms with Crippen LogP contribution in [0.15, 0.2) is 11.6 Å². The summed E-state index contributed by atoms with van der Waals surface area (Å²) in [5.74, 6) is 1.09. The normalized spacial score (nSPS) is 41.4. The molecule has 1 aliphatic heterocycles. The Morgan fingerprint density at radius 1 is 1.33 bits per heavy atom. The molecule has 118 valence electrons. The number of ether oxygens (including phenoxy) is 3. The summed E-state index contributed by atoms with van der Waals surface area (Å²) >= 11 is 0. The molecule has 3 rings (SSSR count). The molecule has 2 saturated carbocycles. The van der Waals surface area contributed by atoms with Crippen LogP contribution in [0.3, 0.4) is 0 Å². The molecule has 0 bridgehead atoms. The van der Waals surface area contributed by atoms with Crippen molar-refractivity contribution in [3.63, 3.8) is 0 Å². The Kier molecular flexibility index (Phi) is 5.09. The molecule has 21 heavy (non-hydrogen) atoms. The van der Waals surface area contributed by atoms with E-state index in [9.17, 15) is 4.79 Å². The van der Waals surface area contributed by atoms with Crippen LogP contribution >= 0.6 is 0 Å². The number of aldehydes is 1. The Morgan fingerprint density at radius 2 is 2.24 bits per heavy atom. The number of carbonyl (C=O) groups is 1. The van der Waals surface area contributed by atoms with E-state index in [0.717, 1.165) is 45.0 Å². The minimum atomic E-state index is -0.0893. The van der Waals surface area contributed by atoms with E-state index in [-0.39, 0.29) is 18.3 Å². The highest BCUT2D eigenvalue weighted by atomic mass is 16.7. The van der Waals surface area contributed by atoms with Crippen molar-refractivity contribution in [1.82, 2.24) is 0 Å². The van der Waals surface area contributed by atoms with Crippen LogP contribution in [0.1, 0.15) is 38.5 Å². The molecule has 0 aromatic carbocycles. The summed E-state index contributed by atoms with van der Waals surface area (Å²) in [6.45, 7) is 1.47. The summed E-state index contributed by atoms with van der Waals surface area (Å²) in [4.78, 5) is 11.6. The van der Waals surface area contributed by atoms with Crippen LogP contribution in [0.5, 0.6) is 0 Å². The Labute approximate surface area is 126 Å². The van der Waals surface area contributed by atoms with Gasteiger partial charge in [0.05, 0.1) is 12.7 Å². The van der Waals surface area contributed by atoms with Gasteiger partial charge in [0, 0.05) is 19.6 Å². The summed E-state index contributed by atoms with van der Waals surface area (Å²) in [6, 6.07) is 0. The molecule has 3 aliphatic rings. The highest BCUT2D eigenvalue weighted by Crippen LogP contribution is 2.50. The van der Waals surface area contributed by atoms with Gasteiger partial charge in [0.2, 0.25) is 0 Å². The third kappa shape index (κ3) is 3.38. The maximum Gasteiger partial charge on any atom is 0.157 e. The lowest BCUT2D eigenvalue weighted by Gasteiger charge is -2.28. The molecule has 2 aliphatic carbocycles. The summed E-state index contributed by atoms with van der Waals surface area (Å²) in [7, 11) is 1.72. The van der Waals surface area contributed by atoms with Gasteiger partial charge in [-0.3, -0.25) is 0 Å². The van der Waals surface area contributed by atoms with Crippen molar-refractivity contribution >= 4 is 6.29 Å². The van der Waals surface area contributed by atoms with Gasteiger partial charge in [0.15, 0.2) is 6.29 Å². The van der Waals surface area contributed by atoms with Gasteiger partial charge in [-0.05, 0) is 50.4 Å². The second-order valence-corrected chi connectivity index (χ2v) is 6.57. The van der Waals surface area contributed by atoms with Crippen LogP contribution in [0.2, 0.25) is 0 Å². The molecule has 0 aromatic heterocycles. The van der Waals surface area contributed by atoms with Crippen LogP contribution in [-0.2, 0) is 19.0 Å². The number of hydrogen-bond donors (Lipinski definition) is 0. The maximum atomic E-state index is 11.6. The molecule has 0 spiro atoms. The van der Waals surface area contributed by atoms with Gasteiger partial charge in [-0.25, -0.2) is 0 Å². The van der Waals surface area contributed by atoms with Gasteiger partial charge in [-0.15, -0.1) is 0 Å². The van der Waals surface area contributed by atoms with E-state index in [0.29, 0.717) is 18.4 Å². The van der Waals surface area contributed by atoms with Crippen LogP contribution in [0, 0.1) is 17.8 Å². The molecule has 4 nitrogen and oxygen atoms in total. The first kappa shape index (κ1) is 15.2. The second-order valence-electron chi connectivity index (χ2n) is 6.57. The van der Waals surface area contributed by atoms with Gasteiger partial charge >= 0.3 is 0 Å².